The van der Waals surface area contributed by atoms with Gasteiger partial charge in [0.15, 0.2) is 5.96 Å². The molecule has 1 atom stereocenters. The van der Waals surface area contributed by atoms with E-state index in [1.165, 1.54) is 6.26 Å². The maximum absolute atomic E-state index is 10.3. The molecule has 2 aromatic rings. The summed E-state index contributed by atoms with van der Waals surface area (Å²) in [7, 11) is 1.59. The molecule has 1 unspecified atom stereocenters. The van der Waals surface area contributed by atoms with Crippen LogP contribution in [-0.4, -0.2) is 24.7 Å². The first kappa shape index (κ1) is 14.9. The molecule has 0 aliphatic carbocycles. The van der Waals surface area contributed by atoms with Crippen molar-refractivity contribution in [2.24, 2.45) is 10.7 Å². The summed E-state index contributed by atoms with van der Waals surface area (Å²) < 4.78 is 10.3. The fourth-order valence-corrected chi connectivity index (χ4v) is 1.79. The van der Waals surface area contributed by atoms with Crippen LogP contribution < -0.4 is 15.8 Å². The van der Waals surface area contributed by atoms with E-state index in [1.54, 1.807) is 32.2 Å². The summed E-state index contributed by atoms with van der Waals surface area (Å²) in [6.45, 7) is 1.71. The van der Waals surface area contributed by atoms with E-state index in [2.05, 4.69) is 10.3 Å². The molecule has 0 spiro atoms. The van der Waals surface area contributed by atoms with Gasteiger partial charge < -0.3 is 25.3 Å². The number of rotatable bonds is 5. The Kier molecular flexibility index (Phi) is 4.49. The number of methoxy groups -OCH3 is 1. The predicted octanol–water partition coefficient (Wildman–Crippen LogP) is 1.92. The van der Waals surface area contributed by atoms with Crippen LogP contribution in [0.1, 0.15) is 12.7 Å². The van der Waals surface area contributed by atoms with Crippen molar-refractivity contribution in [2.45, 2.75) is 12.5 Å². The molecule has 6 heteroatoms. The van der Waals surface area contributed by atoms with Crippen LogP contribution in [-0.2, 0) is 5.60 Å². The highest BCUT2D eigenvalue weighted by Crippen LogP contribution is 2.21. The number of hydrogen-bond donors (Lipinski definition) is 3. The van der Waals surface area contributed by atoms with Crippen molar-refractivity contribution in [1.29, 1.82) is 0 Å². The molecule has 1 aromatic carbocycles. The second-order valence-electron chi connectivity index (χ2n) is 4.81. The van der Waals surface area contributed by atoms with Crippen molar-refractivity contribution in [3.8, 4) is 5.75 Å². The number of hydrogen-bond acceptors (Lipinski definition) is 4. The van der Waals surface area contributed by atoms with Crippen molar-refractivity contribution in [2.75, 3.05) is 19.0 Å². The van der Waals surface area contributed by atoms with Gasteiger partial charge in [-0.2, -0.15) is 0 Å². The maximum atomic E-state index is 10.3. The van der Waals surface area contributed by atoms with E-state index in [0.717, 1.165) is 11.4 Å². The first-order valence-electron chi connectivity index (χ1n) is 6.48. The first-order valence-corrected chi connectivity index (χ1v) is 6.48. The van der Waals surface area contributed by atoms with Gasteiger partial charge in [0, 0.05) is 11.8 Å². The third-order valence-electron chi connectivity index (χ3n) is 2.95. The number of furan rings is 1. The highest BCUT2D eigenvalue weighted by molar-refractivity contribution is 5.92. The third kappa shape index (κ3) is 4.00. The van der Waals surface area contributed by atoms with E-state index >= 15 is 0 Å². The molecule has 0 bridgehead atoms. The minimum atomic E-state index is -1.20. The van der Waals surface area contributed by atoms with Crippen LogP contribution in [0.5, 0.6) is 5.75 Å². The molecular weight excluding hydrogens is 270 g/mol. The Morgan fingerprint density at radius 3 is 2.90 bits per heavy atom. The Hall–Kier alpha value is -2.47. The van der Waals surface area contributed by atoms with Gasteiger partial charge in [0.05, 0.1) is 19.9 Å². The van der Waals surface area contributed by atoms with Crippen LogP contribution in [0, 0.1) is 0 Å². The van der Waals surface area contributed by atoms with Gasteiger partial charge in [-0.05, 0) is 31.2 Å². The Morgan fingerprint density at radius 2 is 2.24 bits per heavy atom. The lowest BCUT2D eigenvalue weighted by atomic mass is 10.0. The highest BCUT2D eigenvalue weighted by atomic mass is 16.5. The molecule has 0 fully saturated rings. The van der Waals surface area contributed by atoms with E-state index in [0.29, 0.717) is 5.76 Å². The van der Waals surface area contributed by atoms with Crippen LogP contribution in [0.25, 0.3) is 0 Å². The van der Waals surface area contributed by atoms with Gasteiger partial charge >= 0.3 is 0 Å². The summed E-state index contributed by atoms with van der Waals surface area (Å²) in [6.07, 6.45) is 1.51. The largest absolute Gasteiger partial charge is 0.497 e. The number of nitrogens with two attached hydrogens (primary N) is 1. The van der Waals surface area contributed by atoms with E-state index in [9.17, 15) is 5.11 Å². The minimum Gasteiger partial charge on any atom is -0.497 e. The molecule has 0 aliphatic rings. The summed E-state index contributed by atoms with van der Waals surface area (Å²) >= 11 is 0. The van der Waals surface area contributed by atoms with Crippen molar-refractivity contribution >= 4 is 11.6 Å². The van der Waals surface area contributed by atoms with Gasteiger partial charge in [-0.15, -0.1) is 0 Å². The van der Waals surface area contributed by atoms with Gasteiger partial charge in [-0.1, -0.05) is 6.07 Å². The molecule has 0 amide bonds. The van der Waals surface area contributed by atoms with E-state index in [1.807, 2.05) is 18.2 Å². The van der Waals surface area contributed by atoms with Crippen molar-refractivity contribution in [3.63, 3.8) is 0 Å². The zero-order valence-corrected chi connectivity index (χ0v) is 12.0. The first-order chi connectivity index (χ1) is 10.0. The number of ether oxygens (including phenoxy) is 1. The fourth-order valence-electron chi connectivity index (χ4n) is 1.79. The van der Waals surface area contributed by atoms with Crippen LogP contribution in [0.15, 0.2) is 52.1 Å². The third-order valence-corrected chi connectivity index (χ3v) is 2.95. The standard InChI is InChI=1S/C15H19N3O3/c1-15(19,13-7-4-8-21-13)10-17-14(16)18-11-5-3-6-12(9-11)20-2/h3-9,19H,10H2,1-2H3,(H3,16,17,18). The SMILES string of the molecule is COc1cccc(NC(N)=NCC(C)(O)c2ccco2)c1. The monoisotopic (exact) mass is 289 g/mol. The summed E-state index contributed by atoms with van der Waals surface area (Å²) in [5.74, 6) is 1.37. The molecule has 1 aromatic heterocycles. The second kappa shape index (κ2) is 6.32. The van der Waals surface area contributed by atoms with Crippen LogP contribution in [0.4, 0.5) is 5.69 Å². The average Bonchev–Trinajstić information content (AvgIpc) is 3.00. The molecule has 0 aliphatic heterocycles. The van der Waals surface area contributed by atoms with E-state index in [4.69, 9.17) is 14.9 Å². The molecule has 0 saturated heterocycles. The normalized spacial score (nSPS) is 14.5. The number of anilines is 1. The molecule has 2 rings (SSSR count). The molecule has 4 N–H and O–H groups in total. The molecule has 21 heavy (non-hydrogen) atoms. The average molecular weight is 289 g/mol. The van der Waals surface area contributed by atoms with Crippen LogP contribution in [0.3, 0.4) is 0 Å². The summed E-state index contributed by atoms with van der Waals surface area (Å²) in [5.41, 5.74) is 5.37. The quantitative estimate of drug-likeness (QED) is 0.577. The summed E-state index contributed by atoms with van der Waals surface area (Å²) in [6, 6.07) is 10.7. The molecule has 0 radical (unpaired) electrons. The Morgan fingerprint density at radius 1 is 1.43 bits per heavy atom. The minimum absolute atomic E-state index is 0.0866. The topological polar surface area (TPSA) is 93.0 Å². The maximum Gasteiger partial charge on any atom is 0.193 e. The predicted molar refractivity (Wildman–Crippen MR) is 81.4 cm³/mol. The number of guanidine groups is 1. The van der Waals surface area contributed by atoms with Gasteiger partial charge in [0.2, 0.25) is 0 Å². The molecule has 1 heterocycles. The van der Waals surface area contributed by atoms with Gasteiger partial charge in [-0.3, -0.25) is 0 Å². The zero-order chi connectivity index (χ0) is 15.3. The van der Waals surface area contributed by atoms with Crippen LogP contribution in [0.2, 0.25) is 0 Å². The molecule has 0 saturated carbocycles. The lowest BCUT2D eigenvalue weighted by Gasteiger charge is -2.18. The second-order valence-corrected chi connectivity index (χ2v) is 4.81. The number of nitrogens with one attached hydrogen (secondary N) is 1. The van der Waals surface area contributed by atoms with Crippen LogP contribution >= 0.6 is 0 Å². The van der Waals surface area contributed by atoms with Gasteiger partial charge in [0.1, 0.15) is 17.1 Å². The van der Waals surface area contributed by atoms with Crippen molar-refractivity contribution < 1.29 is 14.3 Å². The number of aliphatic hydroxyl groups is 1. The van der Waals surface area contributed by atoms with Crippen molar-refractivity contribution in [3.05, 3.63) is 48.4 Å². The lowest BCUT2D eigenvalue weighted by molar-refractivity contribution is 0.0438. The zero-order valence-electron chi connectivity index (χ0n) is 12.0. The highest BCUT2D eigenvalue weighted by Gasteiger charge is 2.25. The smallest absolute Gasteiger partial charge is 0.193 e. The number of benzene rings is 1. The summed E-state index contributed by atoms with van der Waals surface area (Å²) in [5, 5.41) is 13.2. The van der Waals surface area contributed by atoms with E-state index in [-0.39, 0.29) is 12.5 Å². The number of aliphatic imine (C=N–C) groups is 1. The molecule has 6 nitrogen and oxygen atoms in total. The van der Waals surface area contributed by atoms with Gasteiger partial charge in [0.25, 0.3) is 0 Å². The fraction of sp³-hybridized carbons (Fsp3) is 0.267. The van der Waals surface area contributed by atoms with Crippen molar-refractivity contribution in [1.82, 2.24) is 0 Å². The Balaban J connectivity index is 2.01. The van der Waals surface area contributed by atoms with E-state index < -0.39 is 5.60 Å². The molecule has 112 valence electrons. The summed E-state index contributed by atoms with van der Waals surface area (Å²) in [4.78, 5) is 4.14. The Labute approximate surface area is 123 Å². The Bertz CT molecular complexity index is 606. The molecular formula is C15H19N3O3. The lowest BCUT2D eigenvalue weighted by Crippen LogP contribution is -2.29. The van der Waals surface area contributed by atoms with Gasteiger partial charge in [-0.25, -0.2) is 4.99 Å². The number of nitrogens with zero attached hydrogens (tertiary/aromatic N) is 1.